The van der Waals surface area contributed by atoms with Crippen molar-refractivity contribution in [1.29, 1.82) is 0 Å². The van der Waals surface area contributed by atoms with Gasteiger partial charge in [0, 0.05) is 22.5 Å². The van der Waals surface area contributed by atoms with E-state index >= 15 is 0 Å². The van der Waals surface area contributed by atoms with Gasteiger partial charge in [0.25, 0.3) is 5.56 Å². The van der Waals surface area contributed by atoms with Crippen LogP contribution in [0.2, 0.25) is 0 Å². The van der Waals surface area contributed by atoms with Crippen molar-refractivity contribution in [3.63, 3.8) is 0 Å². The summed E-state index contributed by atoms with van der Waals surface area (Å²) in [5, 5.41) is 12.3. The van der Waals surface area contributed by atoms with Gasteiger partial charge in [0.2, 0.25) is 0 Å². The van der Waals surface area contributed by atoms with Gasteiger partial charge in [-0.15, -0.1) is 23.1 Å². The summed E-state index contributed by atoms with van der Waals surface area (Å²) in [6.07, 6.45) is 4.54. The molecular formula is C29H24N2O2S2. The number of rotatable bonds is 6. The molecule has 1 aliphatic rings. The summed E-state index contributed by atoms with van der Waals surface area (Å²) in [5.74, 6) is 2.03. The number of hydrogen-bond acceptors (Lipinski definition) is 5. The maximum absolute atomic E-state index is 14.0. The van der Waals surface area contributed by atoms with Gasteiger partial charge >= 0.3 is 0 Å². The Morgan fingerprint density at radius 2 is 1.63 bits per heavy atom. The first-order valence-electron chi connectivity index (χ1n) is 11.7. The third-order valence-electron chi connectivity index (χ3n) is 6.36. The normalized spacial score (nSPS) is 13.5. The second kappa shape index (κ2) is 9.36. The number of phenols is 1. The number of thioether (sulfide) groups is 1. The molecule has 0 fully saturated rings. The third-order valence-corrected chi connectivity index (χ3v) is 8.59. The van der Waals surface area contributed by atoms with E-state index in [9.17, 15) is 9.90 Å². The summed E-state index contributed by atoms with van der Waals surface area (Å²) in [6.45, 7) is 0.543. The average molecular weight is 497 g/mol. The predicted octanol–water partition coefficient (Wildman–Crippen LogP) is 6.52. The molecular weight excluding hydrogens is 472 g/mol. The molecule has 174 valence electrons. The zero-order chi connectivity index (χ0) is 23.8. The van der Waals surface area contributed by atoms with E-state index in [1.807, 2.05) is 58.8 Å². The van der Waals surface area contributed by atoms with E-state index in [4.69, 9.17) is 4.98 Å². The van der Waals surface area contributed by atoms with E-state index in [1.165, 1.54) is 16.2 Å². The number of aromatic hydroxyl groups is 1. The lowest BCUT2D eigenvalue weighted by Gasteiger charge is -2.13. The topological polar surface area (TPSA) is 55.1 Å². The highest BCUT2D eigenvalue weighted by Crippen LogP contribution is 2.38. The molecule has 0 radical (unpaired) electrons. The molecule has 0 atom stereocenters. The molecule has 0 spiro atoms. The standard InChI is InChI=1S/C29H24N2O2S2/c32-24-16-21(14-19-8-3-1-4-9-19)15-23-26-28(35-27(23)24)30-25(17-20-10-5-2-6-11-20)31(29(26)33)18-22-12-7-13-34-22/h1-6,8-12,15-16,32H,7,13-14,17-18H2. The van der Waals surface area contributed by atoms with Gasteiger partial charge in [0.15, 0.2) is 0 Å². The fourth-order valence-corrected chi connectivity index (χ4v) is 6.72. The SMILES string of the molecule is O=c1c2c(nc(Cc3ccccc3)n1CC1=CCCS1)sc1c(O)cc(Cc3ccccc3)cc12. The summed E-state index contributed by atoms with van der Waals surface area (Å²) >= 11 is 3.21. The van der Waals surface area contributed by atoms with E-state index in [-0.39, 0.29) is 11.3 Å². The van der Waals surface area contributed by atoms with Crippen LogP contribution in [0.1, 0.15) is 28.9 Å². The molecule has 4 nitrogen and oxygen atoms in total. The number of aromatic nitrogens is 2. The van der Waals surface area contributed by atoms with E-state index in [0.717, 1.165) is 44.8 Å². The molecule has 3 heterocycles. The zero-order valence-electron chi connectivity index (χ0n) is 19.1. The summed E-state index contributed by atoms with van der Waals surface area (Å²) in [6, 6.07) is 24.2. The Hall–Kier alpha value is -3.35. The molecule has 0 aliphatic carbocycles. The van der Waals surface area contributed by atoms with Crippen LogP contribution in [0.3, 0.4) is 0 Å². The fraction of sp³-hybridized carbons (Fsp3) is 0.172. The van der Waals surface area contributed by atoms with Gasteiger partial charge in [-0.2, -0.15) is 0 Å². The lowest BCUT2D eigenvalue weighted by Crippen LogP contribution is -2.25. The first-order valence-corrected chi connectivity index (χ1v) is 13.5. The van der Waals surface area contributed by atoms with Crippen LogP contribution in [0.25, 0.3) is 20.3 Å². The van der Waals surface area contributed by atoms with Gasteiger partial charge in [0.1, 0.15) is 16.4 Å². The quantitative estimate of drug-likeness (QED) is 0.291. The fourth-order valence-electron chi connectivity index (χ4n) is 4.69. The Balaban J connectivity index is 1.52. The third kappa shape index (κ3) is 4.40. The maximum atomic E-state index is 14.0. The molecule has 1 aliphatic heterocycles. The molecule has 6 rings (SSSR count). The average Bonchev–Trinajstić information content (AvgIpc) is 3.51. The molecule has 6 heteroatoms. The largest absolute Gasteiger partial charge is 0.506 e. The van der Waals surface area contributed by atoms with E-state index in [1.54, 1.807) is 0 Å². The summed E-state index contributed by atoms with van der Waals surface area (Å²) in [5.41, 5.74) is 3.23. The van der Waals surface area contributed by atoms with Crippen molar-refractivity contribution in [2.45, 2.75) is 25.8 Å². The number of fused-ring (bicyclic) bond motifs is 3. The molecule has 5 aromatic rings. The molecule has 1 N–H and O–H groups in total. The van der Waals surface area contributed by atoms with Gasteiger partial charge in [-0.3, -0.25) is 9.36 Å². The number of benzene rings is 3. The van der Waals surface area contributed by atoms with Crippen molar-refractivity contribution in [2.24, 2.45) is 0 Å². The Labute approximate surface area is 211 Å². The van der Waals surface area contributed by atoms with Crippen LogP contribution in [0.4, 0.5) is 0 Å². The van der Waals surface area contributed by atoms with Gasteiger partial charge < -0.3 is 5.11 Å². The van der Waals surface area contributed by atoms with Crippen molar-refractivity contribution < 1.29 is 5.11 Å². The Bertz CT molecular complexity index is 1620. The summed E-state index contributed by atoms with van der Waals surface area (Å²) < 4.78 is 2.56. The summed E-state index contributed by atoms with van der Waals surface area (Å²) in [4.78, 5) is 20.9. The molecule has 0 amide bonds. The number of allylic oxidation sites excluding steroid dienone is 2. The molecule has 0 bridgehead atoms. The lowest BCUT2D eigenvalue weighted by molar-refractivity contribution is 0.482. The van der Waals surface area contributed by atoms with Crippen molar-refractivity contribution in [3.05, 3.63) is 117 Å². The number of thiophene rings is 1. The Morgan fingerprint density at radius 1 is 0.914 bits per heavy atom. The van der Waals surface area contributed by atoms with Crippen LogP contribution in [0.15, 0.2) is 88.6 Å². The maximum Gasteiger partial charge on any atom is 0.263 e. The van der Waals surface area contributed by atoms with E-state index in [2.05, 4.69) is 36.4 Å². The van der Waals surface area contributed by atoms with Gasteiger partial charge in [0.05, 0.1) is 16.6 Å². The van der Waals surface area contributed by atoms with Crippen molar-refractivity contribution in [1.82, 2.24) is 9.55 Å². The molecule has 2 aromatic heterocycles. The molecule has 35 heavy (non-hydrogen) atoms. The second-order valence-corrected chi connectivity index (χ2v) is 11.0. The van der Waals surface area contributed by atoms with Gasteiger partial charge in [-0.25, -0.2) is 4.98 Å². The second-order valence-electron chi connectivity index (χ2n) is 8.83. The predicted molar refractivity (Wildman–Crippen MR) is 147 cm³/mol. The van der Waals surface area contributed by atoms with Crippen molar-refractivity contribution in [3.8, 4) is 5.75 Å². The highest BCUT2D eigenvalue weighted by atomic mass is 32.2. The van der Waals surface area contributed by atoms with Crippen LogP contribution in [-0.4, -0.2) is 20.4 Å². The van der Waals surface area contributed by atoms with Crippen LogP contribution >= 0.6 is 23.1 Å². The molecule has 0 saturated heterocycles. The van der Waals surface area contributed by atoms with E-state index in [0.29, 0.717) is 29.6 Å². The van der Waals surface area contributed by atoms with E-state index < -0.39 is 0 Å². The highest BCUT2D eigenvalue weighted by Gasteiger charge is 2.20. The molecule has 0 unspecified atom stereocenters. The minimum absolute atomic E-state index is 0.0307. The van der Waals surface area contributed by atoms with Crippen LogP contribution in [-0.2, 0) is 19.4 Å². The Morgan fingerprint density at radius 3 is 2.31 bits per heavy atom. The van der Waals surface area contributed by atoms with Crippen LogP contribution < -0.4 is 5.56 Å². The molecule has 3 aromatic carbocycles. The van der Waals surface area contributed by atoms with Crippen LogP contribution in [0, 0.1) is 0 Å². The minimum Gasteiger partial charge on any atom is -0.506 e. The molecule has 0 saturated carbocycles. The highest BCUT2D eigenvalue weighted by molar-refractivity contribution is 8.03. The Kier molecular flexibility index (Phi) is 5.92. The summed E-state index contributed by atoms with van der Waals surface area (Å²) in [7, 11) is 0. The van der Waals surface area contributed by atoms with Crippen molar-refractivity contribution in [2.75, 3.05) is 5.75 Å². The number of nitrogens with zero attached hydrogens (tertiary/aromatic N) is 2. The van der Waals surface area contributed by atoms with Gasteiger partial charge in [-0.1, -0.05) is 66.7 Å². The lowest BCUT2D eigenvalue weighted by atomic mass is 10.0. The van der Waals surface area contributed by atoms with Gasteiger partial charge in [-0.05, 0) is 41.7 Å². The smallest absolute Gasteiger partial charge is 0.263 e. The van der Waals surface area contributed by atoms with Crippen molar-refractivity contribution >= 4 is 43.4 Å². The first kappa shape index (κ1) is 22.1. The first-order chi connectivity index (χ1) is 17.2. The zero-order valence-corrected chi connectivity index (χ0v) is 20.7. The minimum atomic E-state index is -0.0307. The van der Waals surface area contributed by atoms with Crippen LogP contribution in [0.5, 0.6) is 5.75 Å². The number of hydrogen-bond donors (Lipinski definition) is 1. The number of phenolic OH excluding ortho intramolecular Hbond substituents is 1. The monoisotopic (exact) mass is 496 g/mol.